The summed E-state index contributed by atoms with van der Waals surface area (Å²) >= 11 is 0. The predicted octanol–water partition coefficient (Wildman–Crippen LogP) is 1.95. The summed E-state index contributed by atoms with van der Waals surface area (Å²) in [4.78, 5) is 19.8. The second-order valence-electron chi connectivity index (χ2n) is 5.99. The van der Waals surface area contributed by atoms with Crippen molar-refractivity contribution in [3.63, 3.8) is 0 Å². The van der Waals surface area contributed by atoms with Gasteiger partial charge in [0.15, 0.2) is 0 Å². The molecule has 0 unspecified atom stereocenters. The van der Waals surface area contributed by atoms with Gasteiger partial charge in [-0.2, -0.15) is 0 Å². The standard InChI is InChI=1S/C18H21N3O2/c1-20-9-10-21(13-17(20)18(22)23)12-14-5-4-6-15(11-14)16-7-2-3-8-19-16/h2-8,11,17H,9-10,12-13H2,1H3,(H,22,23)/t17-/m1/s1. The van der Waals surface area contributed by atoms with Gasteiger partial charge >= 0.3 is 5.97 Å². The van der Waals surface area contributed by atoms with Crippen LogP contribution in [0.3, 0.4) is 0 Å². The van der Waals surface area contributed by atoms with Crippen LogP contribution >= 0.6 is 0 Å². The first-order chi connectivity index (χ1) is 11.1. The number of aliphatic carboxylic acids is 1. The summed E-state index contributed by atoms with van der Waals surface area (Å²) in [6.45, 7) is 2.98. The van der Waals surface area contributed by atoms with Crippen LogP contribution in [-0.4, -0.2) is 58.6 Å². The Bertz CT molecular complexity index is 675. The molecule has 1 N–H and O–H groups in total. The van der Waals surface area contributed by atoms with E-state index in [9.17, 15) is 9.90 Å². The minimum absolute atomic E-state index is 0.428. The van der Waals surface area contributed by atoms with Crippen molar-refractivity contribution >= 4 is 5.97 Å². The summed E-state index contributed by atoms with van der Waals surface area (Å²) in [7, 11) is 1.87. The largest absolute Gasteiger partial charge is 0.480 e. The van der Waals surface area contributed by atoms with E-state index in [1.807, 2.05) is 36.2 Å². The molecular formula is C18H21N3O2. The number of rotatable bonds is 4. The lowest BCUT2D eigenvalue weighted by atomic mass is 10.1. The van der Waals surface area contributed by atoms with Gasteiger partial charge in [0.1, 0.15) is 6.04 Å². The van der Waals surface area contributed by atoms with E-state index in [-0.39, 0.29) is 0 Å². The van der Waals surface area contributed by atoms with Crippen molar-refractivity contribution < 1.29 is 9.90 Å². The van der Waals surface area contributed by atoms with Gasteiger partial charge in [-0.3, -0.25) is 19.6 Å². The quantitative estimate of drug-likeness (QED) is 0.935. The number of pyridine rings is 1. The zero-order valence-corrected chi connectivity index (χ0v) is 13.2. The number of carboxylic acid groups (broad SMARTS) is 1. The Hall–Kier alpha value is -2.24. The van der Waals surface area contributed by atoms with Crippen molar-refractivity contribution in [3.8, 4) is 11.3 Å². The van der Waals surface area contributed by atoms with Gasteiger partial charge in [-0.05, 0) is 30.8 Å². The highest BCUT2D eigenvalue weighted by atomic mass is 16.4. The van der Waals surface area contributed by atoms with Crippen molar-refractivity contribution in [2.45, 2.75) is 12.6 Å². The average Bonchev–Trinajstić information content (AvgIpc) is 2.57. The minimum atomic E-state index is -0.751. The van der Waals surface area contributed by atoms with Crippen molar-refractivity contribution in [2.75, 3.05) is 26.7 Å². The topological polar surface area (TPSA) is 56.7 Å². The lowest BCUT2D eigenvalue weighted by molar-refractivity contribution is -0.145. The highest BCUT2D eigenvalue weighted by Crippen LogP contribution is 2.19. The summed E-state index contributed by atoms with van der Waals surface area (Å²) in [5.41, 5.74) is 3.23. The summed E-state index contributed by atoms with van der Waals surface area (Å²) in [6, 6.07) is 13.8. The molecule has 5 heteroatoms. The predicted molar refractivity (Wildman–Crippen MR) is 89.0 cm³/mol. The van der Waals surface area contributed by atoms with Crippen LogP contribution in [0.5, 0.6) is 0 Å². The molecule has 5 nitrogen and oxygen atoms in total. The molecule has 2 aromatic rings. The molecule has 0 spiro atoms. The van der Waals surface area contributed by atoms with Crippen LogP contribution in [0.25, 0.3) is 11.3 Å². The summed E-state index contributed by atoms with van der Waals surface area (Å²) in [5.74, 6) is -0.751. The van der Waals surface area contributed by atoms with Crippen LogP contribution in [0, 0.1) is 0 Å². The van der Waals surface area contributed by atoms with E-state index in [0.717, 1.165) is 30.9 Å². The molecule has 1 aliphatic heterocycles. The van der Waals surface area contributed by atoms with Crippen molar-refractivity contribution in [3.05, 3.63) is 54.2 Å². The highest BCUT2D eigenvalue weighted by Gasteiger charge is 2.29. The van der Waals surface area contributed by atoms with Crippen molar-refractivity contribution in [1.29, 1.82) is 0 Å². The van der Waals surface area contributed by atoms with Crippen LogP contribution in [0.15, 0.2) is 48.7 Å². The maximum absolute atomic E-state index is 11.3. The molecule has 0 saturated carbocycles. The van der Waals surface area contributed by atoms with Gasteiger partial charge in [-0.1, -0.05) is 24.3 Å². The fourth-order valence-electron chi connectivity index (χ4n) is 2.96. The van der Waals surface area contributed by atoms with Gasteiger partial charge in [0, 0.05) is 37.9 Å². The third-order valence-corrected chi connectivity index (χ3v) is 4.31. The van der Waals surface area contributed by atoms with Crippen molar-refractivity contribution in [2.24, 2.45) is 0 Å². The smallest absolute Gasteiger partial charge is 0.322 e. The van der Waals surface area contributed by atoms with Crippen LogP contribution < -0.4 is 0 Å². The number of carboxylic acids is 1. The SMILES string of the molecule is CN1CCN(Cc2cccc(-c3ccccn3)c2)C[C@@H]1C(=O)O. The molecule has 1 aromatic carbocycles. The Morgan fingerprint density at radius 3 is 2.87 bits per heavy atom. The fraction of sp³-hybridized carbons (Fsp3) is 0.333. The summed E-state index contributed by atoms with van der Waals surface area (Å²) in [6.07, 6.45) is 1.79. The van der Waals surface area contributed by atoms with Gasteiger partial charge in [-0.25, -0.2) is 0 Å². The van der Waals surface area contributed by atoms with Gasteiger partial charge < -0.3 is 5.11 Å². The van der Waals surface area contributed by atoms with Gasteiger partial charge in [0.05, 0.1) is 5.69 Å². The average molecular weight is 311 g/mol. The normalized spacial score (nSPS) is 19.6. The van der Waals surface area contributed by atoms with Crippen LogP contribution in [0.2, 0.25) is 0 Å². The molecule has 3 rings (SSSR count). The van der Waals surface area contributed by atoms with Crippen LogP contribution in [-0.2, 0) is 11.3 Å². The second kappa shape index (κ2) is 6.89. The first-order valence-electron chi connectivity index (χ1n) is 7.79. The molecule has 1 saturated heterocycles. The number of likely N-dealkylation sites (N-methyl/N-ethyl adjacent to an activating group) is 1. The molecular weight excluding hydrogens is 290 g/mol. The monoisotopic (exact) mass is 311 g/mol. The zero-order chi connectivity index (χ0) is 16.2. The number of hydrogen-bond donors (Lipinski definition) is 1. The third kappa shape index (κ3) is 3.75. The number of nitrogens with zero attached hydrogens (tertiary/aromatic N) is 3. The minimum Gasteiger partial charge on any atom is -0.480 e. The van der Waals surface area contributed by atoms with Crippen LogP contribution in [0.4, 0.5) is 0 Å². The van der Waals surface area contributed by atoms with E-state index in [1.165, 1.54) is 5.56 Å². The van der Waals surface area contributed by atoms with E-state index in [1.54, 1.807) is 6.20 Å². The maximum atomic E-state index is 11.3. The van der Waals surface area contributed by atoms with E-state index in [4.69, 9.17) is 0 Å². The molecule has 0 bridgehead atoms. The van der Waals surface area contributed by atoms with E-state index in [2.05, 4.69) is 28.1 Å². The highest BCUT2D eigenvalue weighted by molar-refractivity contribution is 5.73. The molecule has 0 amide bonds. The summed E-state index contributed by atoms with van der Waals surface area (Å²) in [5, 5.41) is 9.31. The van der Waals surface area contributed by atoms with Crippen LogP contribution in [0.1, 0.15) is 5.56 Å². The van der Waals surface area contributed by atoms with Crippen molar-refractivity contribution in [1.82, 2.24) is 14.8 Å². The molecule has 1 fully saturated rings. The molecule has 23 heavy (non-hydrogen) atoms. The second-order valence-corrected chi connectivity index (χ2v) is 5.99. The van der Waals surface area contributed by atoms with E-state index >= 15 is 0 Å². The van der Waals surface area contributed by atoms with E-state index in [0.29, 0.717) is 6.54 Å². The Kier molecular flexibility index (Phi) is 4.69. The molecule has 0 aliphatic carbocycles. The Labute approximate surface area is 136 Å². The Morgan fingerprint density at radius 1 is 1.26 bits per heavy atom. The number of benzene rings is 1. The zero-order valence-electron chi connectivity index (χ0n) is 13.2. The first kappa shape index (κ1) is 15.6. The lowest BCUT2D eigenvalue weighted by Crippen LogP contribution is -2.54. The molecule has 120 valence electrons. The number of piperazine rings is 1. The Morgan fingerprint density at radius 2 is 2.13 bits per heavy atom. The first-order valence-corrected chi connectivity index (χ1v) is 7.79. The van der Waals surface area contributed by atoms with Gasteiger partial charge in [0.2, 0.25) is 0 Å². The fourth-order valence-corrected chi connectivity index (χ4v) is 2.96. The lowest BCUT2D eigenvalue weighted by Gasteiger charge is -2.37. The van der Waals surface area contributed by atoms with E-state index < -0.39 is 12.0 Å². The number of carbonyl (C=O) groups is 1. The summed E-state index contributed by atoms with van der Waals surface area (Å²) < 4.78 is 0. The maximum Gasteiger partial charge on any atom is 0.322 e. The molecule has 1 aromatic heterocycles. The molecule has 2 heterocycles. The van der Waals surface area contributed by atoms with Gasteiger partial charge in [-0.15, -0.1) is 0 Å². The third-order valence-electron chi connectivity index (χ3n) is 4.31. The Balaban J connectivity index is 1.72. The molecule has 1 aliphatic rings. The number of hydrogen-bond acceptors (Lipinski definition) is 4. The van der Waals surface area contributed by atoms with Gasteiger partial charge in [0.25, 0.3) is 0 Å². The number of aromatic nitrogens is 1. The molecule has 0 radical (unpaired) electrons. The molecule has 1 atom stereocenters.